The van der Waals surface area contributed by atoms with Crippen molar-refractivity contribution >= 4 is 42.2 Å². The molecule has 0 unspecified atom stereocenters. The van der Waals surface area contributed by atoms with Gasteiger partial charge in [0.15, 0.2) is 5.78 Å². The lowest BCUT2D eigenvalue weighted by Crippen LogP contribution is -2.55. The summed E-state index contributed by atoms with van der Waals surface area (Å²) in [6, 6.07) is 7.56. The third kappa shape index (κ3) is 13.8. The van der Waals surface area contributed by atoms with Gasteiger partial charge in [-0.3, -0.25) is 28.7 Å². The Hall–Kier alpha value is -2.92. The molecule has 0 radical (unpaired) electrons. The predicted octanol–water partition coefficient (Wildman–Crippen LogP) is 2.76. The summed E-state index contributed by atoms with van der Waals surface area (Å²) < 4.78 is 2.62. The van der Waals surface area contributed by atoms with Crippen molar-refractivity contribution in [1.29, 1.82) is 0 Å². The van der Waals surface area contributed by atoms with Crippen LogP contribution in [-0.2, 0) is 30.4 Å². The van der Waals surface area contributed by atoms with Crippen LogP contribution in [0.2, 0.25) is 0 Å². The highest BCUT2D eigenvalue weighted by Crippen LogP contribution is 2.29. The number of ketones is 1. The lowest BCUT2D eigenvalue weighted by molar-refractivity contribution is -0.133. The van der Waals surface area contributed by atoms with E-state index in [1.165, 1.54) is 6.92 Å². The molecule has 2 rings (SSSR count). The van der Waals surface area contributed by atoms with Crippen molar-refractivity contribution in [2.75, 3.05) is 13.1 Å². The maximum absolute atomic E-state index is 13.5. The smallest absolute Gasteiger partial charge is 0.243 e. The first-order valence-corrected chi connectivity index (χ1v) is 15.8. The van der Waals surface area contributed by atoms with Crippen LogP contribution in [0.5, 0.6) is 0 Å². The van der Waals surface area contributed by atoms with E-state index in [1.807, 2.05) is 30.3 Å². The van der Waals surface area contributed by atoms with Gasteiger partial charge in [0, 0.05) is 32.9 Å². The molecule has 1 saturated carbocycles. The third-order valence-electron chi connectivity index (χ3n) is 7.68. The van der Waals surface area contributed by atoms with Crippen molar-refractivity contribution in [2.45, 2.75) is 109 Å². The lowest BCUT2D eigenvalue weighted by Gasteiger charge is -2.26. The van der Waals surface area contributed by atoms with Crippen LogP contribution in [0.15, 0.2) is 30.3 Å². The standard InChI is InChI=1S/C31H49N5O5S/c1-3-28(38)27(21-24-13-7-8-14-24)36-31(41)26(17-10-19-32-29(39)18-20-33-42)35-30(40)25(34-22(2)37)16-9-15-23-11-5-4-6-12-23/h4-6,11-12,24-27,33,42H,3,7-10,13-21H2,1-2H3,(H,32,39)(H,34,37)(H,35,40)(H,36,41)/t25-,26-,27-/m0/s1. The molecule has 0 aromatic heterocycles. The summed E-state index contributed by atoms with van der Waals surface area (Å²) in [6.07, 6.45) is 8.07. The number of thiol groups is 1. The molecule has 1 aliphatic carbocycles. The lowest BCUT2D eigenvalue weighted by atomic mass is 9.94. The number of amides is 4. The molecule has 42 heavy (non-hydrogen) atoms. The second-order valence-corrected chi connectivity index (χ2v) is 11.4. The minimum absolute atomic E-state index is 0.0255. The van der Waals surface area contributed by atoms with Gasteiger partial charge in [0.1, 0.15) is 12.1 Å². The van der Waals surface area contributed by atoms with E-state index in [2.05, 4.69) is 38.8 Å². The van der Waals surface area contributed by atoms with Gasteiger partial charge < -0.3 is 21.3 Å². The molecule has 3 atom stereocenters. The first-order chi connectivity index (χ1) is 20.2. The summed E-state index contributed by atoms with van der Waals surface area (Å²) in [6.45, 7) is 3.90. The van der Waals surface area contributed by atoms with Crippen LogP contribution < -0.4 is 26.0 Å². The largest absolute Gasteiger partial charge is 0.356 e. The van der Waals surface area contributed by atoms with Crippen LogP contribution in [0.3, 0.4) is 0 Å². The van der Waals surface area contributed by atoms with Crippen molar-refractivity contribution in [1.82, 2.24) is 26.0 Å². The second kappa shape index (κ2) is 20.1. The SMILES string of the molecule is CCC(=O)[C@H](CC1CCCC1)NC(=O)[C@H](CCCNC(=O)CCNS)NC(=O)[C@H](CCCc1ccccc1)NC(C)=O. The maximum atomic E-state index is 13.5. The molecule has 0 saturated heterocycles. The average Bonchev–Trinajstić information content (AvgIpc) is 3.49. The molecule has 0 aliphatic heterocycles. The number of hydrogen-bond acceptors (Lipinski definition) is 7. The molecule has 11 heteroatoms. The fourth-order valence-corrected chi connectivity index (χ4v) is 5.48. The van der Waals surface area contributed by atoms with Crippen molar-refractivity contribution in [3.63, 3.8) is 0 Å². The molecular weight excluding hydrogens is 554 g/mol. The van der Waals surface area contributed by atoms with Crippen molar-refractivity contribution in [2.24, 2.45) is 5.92 Å². The van der Waals surface area contributed by atoms with E-state index in [0.29, 0.717) is 51.1 Å². The summed E-state index contributed by atoms with van der Waals surface area (Å²) in [4.78, 5) is 63.6. The minimum atomic E-state index is -0.922. The van der Waals surface area contributed by atoms with Crippen LogP contribution >= 0.6 is 12.8 Å². The molecule has 234 valence electrons. The van der Waals surface area contributed by atoms with Crippen LogP contribution in [0, 0.1) is 5.92 Å². The Morgan fingerprint density at radius 2 is 1.48 bits per heavy atom. The van der Waals surface area contributed by atoms with Gasteiger partial charge in [-0.1, -0.05) is 75.8 Å². The van der Waals surface area contributed by atoms with Crippen LogP contribution in [0.4, 0.5) is 0 Å². The van der Waals surface area contributed by atoms with Gasteiger partial charge in [-0.15, -0.1) is 0 Å². The topological polar surface area (TPSA) is 146 Å². The fourth-order valence-electron chi connectivity index (χ4n) is 5.37. The van der Waals surface area contributed by atoms with Crippen LogP contribution in [0.1, 0.15) is 90.0 Å². The molecule has 0 spiro atoms. The molecule has 10 nitrogen and oxygen atoms in total. The van der Waals surface area contributed by atoms with E-state index in [1.54, 1.807) is 6.92 Å². The first kappa shape index (κ1) is 35.3. The molecule has 0 bridgehead atoms. The van der Waals surface area contributed by atoms with Gasteiger partial charge in [-0.2, -0.15) is 0 Å². The van der Waals surface area contributed by atoms with E-state index in [4.69, 9.17) is 0 Å². The number of hydrogen-bond donors (Lipinski definition) is 6. The highest BCUT2D eigenvalue weighted by molar-refractivity contribution is 7.78. The van der Waals surface area contributed by atoms with Gasteiger partial charge in [-0.05, 0) is 50.0 Å². The molecule has 5 N–H and O–H groups in total. The zero-order chi connectivity index (χ0) is 30.7. The van der Waals surface area contributed by atoms with E-state index >= 15 is 0 Å². The van der Waals surface area contributed by atoms with E-state index in [-0.39, 0.29) is 30.4 Å². The van der Waals surface area contributed by atoms with Crippen molar-refractivity contribution in [3.05, 3.63) is 35.9 Å². The van der Waals surface area contributed by atoms with Gasteiger partial charge in [0.25, 0.3) is 0 Å². The first-order valence-electron chi connectivity index (χ1n) is 15.3. The third-order valence-corrected chi connectivity index (χ3v) is 7.90. The number of rotatable bonds is 20. The summed E-state index contributed by atoms with van der Waals surface area (Å²) in [5.74, 6) is -0.978. The Morgan fingerprint density at radius 3 is 2.10 bits per heavy atom. The summed E-state index contributed by atoms with van der Waals surface area (Å²) in [5, 5.41) is 11.3. The Kier molecular flexibility index (Phi) is 16.9. The summed E-state index contributed by atoms with van der Waals surface area (Å²) in [5.41, 5.74) is 1.14. The number of Topliss-reactive ketones (excluding diaryl/α,β-unsaturated/α-hetero) is 1. The van der Waals surface area contributed by atoms with Crippen LogP contribution in [0.25, 0.3) is 0 Å². The van der Waals surface area contributed by atoms with Crippen LogP contribution in [-0.4, -0.2) is 60.6 Å². The van der Waals surface area contributed by atoms with Gasteiger partial charge in [-0.25, -0.2) is 0 Å². The highest BCUT2D eigenvalue weighted by atomic mass is 32.1. The summed E-state index contributed by atoms with van der Waals surface area (Å²) >= 11 is 3.88. The van der Waals surface area contributed by atoms with Gasteiger partial charge in [0.05, 0.1) is 6.04 Å². The Balaban J connectivity index is 2.08. The number of carbonyl (C=O) groups excluding carboxylic acids is 5. The molecule has 1 fully saturated rings. The predicted molar refractivity (Wildman–Crippen MR) is 167 cm³/mol. The molecule has 1 aromatic carbocycles. The number of aryl methyl sites for hydroxylation is 1. The Labute approximate surface area is 255 Å². The van der Waals surface area contributed by atoms with Gasteiger partial charge in [0.2, 0.25) is 23.6 Å². The van der Waals surface area contributed by atoms with E-state index in [9.17, 15) is 24.0 Å². The molecule has 0 heterocycles. The maximum Gasteiger partial charge on any atom is 0.243 e. The van der Waals surface area contributed by atoms with Crippen molar-refractivity contribution in [3.8, 4) is 0 Å². The van der Waals surface area contributed by atoms with Crippen molar-refractivity contribution < 1.29 is 24.0 Å². The van der Waals surface area contributed by atoms with Gasteiger partial charge >= 0.3 is 0 Å². The molecule has 1 aliphatic rings. The normalized spacial score (nSPS) is 15.3. The van der Waals surface area contributed by atoms with E-state index in [0.717, 1.165) is 37.7 Å². The number of carbonyl (C=O) groups is 5. The summed E-state index contributed by atoms with van der Waals surface area (Å²) in [7, 11) is 0. The highest BCUT2D eigenvalue weighted by Gasteiger charge is 2.30. The zero-order valence-electron chi connectivity index (χ0n) is 25.1. The number of nitrogens with one attached hydrogen (secondary N) is 5. The fraction of sp³-hybridized carbons (Fsp3) is 0.645. The quantitative estimate of drug-likeness (QED) is 0.0999. The Morgan fingerprint density at radius 1 is 0.857 bits per heavy atom. The average molecular weight is 604 g/mol. The molecule has 4 amide bonds. The zero-order valence-corrected chi connectivity index (χ0v) is 26.0. The Bertz CT molecular complexity index is 1000. The number of benzene rings is 1. The van der Waals surface area contributed by atoms with E-state index < -0.39 is 29.9 Å². The minimum Gasteiger partial charge on any atom is -0.356 e. The monoisotopic (exact) mass is 603 g/mol. The molecule has 1 aromatic rings. The second-order valence-electron chi connectivity index (χ2n) is 11.1. The molecular formula is C31H49N5O5S.